The van der Waals surface area contributed by atoms with E-state index >= 15 is 0 Å². The van der Waals surface area contributed by atoms with E-state index in [9.17, 15) is 19.8 Å². The highest BCUT2D eigenvalue weighted by atomic mass is 16.4. The van der Waals surface area contributed by atoms with Crippen molar-refractivity contribution < 1.29 is 24.2 Å². The summed E-state index contributed by atoms with van der Waals surface area (Å²) in [6.45, 7) is 1.63. The first kappa shape index (κ1) is 17.9. The number of hydrogen-bond acceptors (Lipinski definition) is 5. The summed E-state index contributed by atoms with van der Waals surface area (Å²) in [6, 6.07) is 10.6. The number of carboxylic acids is 1. The van der Waals surface area contributed by atoms with E-state index in [1.54, 1.807) is 36.4 Å². The minimum absolute atomic E-state index is 0.153. The van der Waals surface area contributed by atoms with Gasteiger partial charge in [0.25, 0.3) is 0 Å². The van der Waals surface area contributed by atoms with Crippen molar-refractivity contribution in [2.45, 2.75) is 31.8 Å². The summed E-state index contributed by atoms with van der Waals surface area (Å²) in [4.78, 5) is 23.7. The quantitative estimate of drug-likeness (QED) is 0.609. The van der Waals surface area contributed by atoms with Crippen LogP contribution in [0.5, 0.6) is 0 Å². The number of furan rings is 1. The van der Waals surface area contributed by atoms with Crippen LogP contribution in [0.25, 0.3) is 0 Å². The Morgan fingerprint density at radius 2 is 1.88 bits per heavy atom. The van der Waals surface area contributed by atoms with Crippen LogP contribution in [0.2, 0.25) is 0 Å². The van der Waals surface area contributed by atoms with Crippen molar-refractivity contribution in [1.29, 1.82) is 0 Å². The molecule has 0 amide bonds. The molecule has 1 heterocycles. The Morgan fingerprint density at radius 1 is 1.17 bits per heavy atom. The third-order valence-corrected chi connectivity index (χ3v) is 3.76. The molecular formula is C18H21NO5. The second kappa shape index (κ2) is 8.42. The zero-order chi connectivity index (χ0) is 17.5. The van der Waals surface area contributed by atoms with Gasteiger partial charge in [0.2, 0.25) is 0 Å². The number of nitrogens with one attached hydrogen (secondary N) is 1. The molecule has 128 valence electrons. The number of aliphatic carboxylic acids is 1. The standard InChI is InChI=1S/C18H21NO5/c1-2-13-8-9-17(24-13)16(21)10-14(18(22)23)19-15(11-20)12-6-4-3-5-7-12/h3-9,14-15,19-20H,2,10-11H2,1H3,(H,22,23)/t14-,15-/m0/s1. The lowest BCUT2D eigenvalue weighted by atomic mass is 10.0. The van der Waals surface area contributed by atoms with Crippen molar-refractivity contribution in [2.24, 2.45) is 0 Å². The monoisotopic (exact) mass is 331 g/mol. The second-order valence-electron chi connectivity index (χ2n) is 5.45. The van der Waals surface area contributed by atoms with Gasteiger partial charge in [0.1, 0.15) is 11.8 Å². The minimum Gasteiger partial charge on any atom is -0.480 e. The van der Waals surface area contributed by atoms with Crippen LogP contribution in [-0.2, 0) is 11.2 Å². The molecule has 1 aromatic heterocycles. The van der Waals surface area contributed by atoms with Crippen LogP contribution in [0.4, 0.5) is 0 Å². The first-order valence-corrected chi connectivity index (χ1v) is 7.81. The molecule has 6 heteroatoms. The van der Waals surface area contributed by atoms with Gasteiger partial charge in [0.15, 0.2) is 11.5 Å². The van der Waals surface area contributed by atoms with Crippen molar-refractivity contribution >= 4 is 11.8 Å². The number of Topliss-reactive ketones (excluding diaryl/α,β-unsaturated/α-hetero) is 1. The van der Waals surface area contributed by atoms with Crippen molar-refractivity contribution in [1.82, 2.24) is 5.32 Å². The van der Waals surface area contributed by atoms with Gasteiger partial charge in [-0.1, -0.05) is 37.3 Å². The number of aliphatic hydroxyl groups excluding tert-OH is 1. The molecule has 2 rings (SSSR count). The fourth-order valence-corrected chi connectivity index (χ4v) is 2.40. The van der Waals surface area contributed by atoms with E-state index < -0.39 is 18.1 Å². The lowest BCUT2D eigenvalue weighted by molar-refractivity contribution is -0.139. The highest BCUT2D eigenvalue weighted by Gasteiger charge is 2.26. The Balaban J connectivity index is 2.08. The number of carbonyl (C=O) groups excluding carboxylic acids is 1. The van der Waals surface area contributed by atoms with Gasteiger partial charge in [-0.3, -0.25) is 14.9 Å². The van der Waals surface area contributed by atoms with Crippen LogP contribution in [0, 0.1) is 0 Å². The fraction of sp³-hybridized carbons (Fsp3) is 0.333. The summed E-state index contributed by atoms with van der Waals surface area (Å²) in [5, 5.41) is 21.8. The van der Waals surface area contributed by atoms with Gasteiger partial charge in [-0.05, 0) is 17.7 Å². The molecule has 0 bridgehead atoms. The molecule has 0 unspecified atom stereocenters. The topological polar surface area (TPSA) is 99.8 Å². The summed E-state index contributed by atoms with van der Waals surface area (Å²) in [6.07, 6.45) is 0.407. The normalized spacial score (nSPS) is 13.4. The summed E-state index contributed by atoms with van der Waals surface area (Å²) < 4.78 is 5.37. The number of ketones is 1. The Bertz CT molecular complexity index is 680. The van der Waals surface area contributed by atoms with Crippen LogP contribution in [0.3, 0.4) is 0 Å². The van der Waals surface area contributed by atoms with Crippen LogP contribution in [0.1, 0.15) is 41.3 Å². The van der Waals surface area contributed by atoms with E-state index in [4.69, 9.17) is 4.42 Å². The first-order valence-electron chi connectivity index (χ1n) is 7.81. The van der Waals surface area contributed by atoms with Gasteiger partial charge in [-0.25, -0.2) is 0 Å². The maximum absolute atomic E-state index is 12.2. The predicted molar refractivity (Wildman–Crippen MR) is 87.9 cm³/mol. The van der Waals surface area contributed by atoms with E-state index in [-0.39, 0.29) is 24.6 Å². The second-order valence-corrected chi connectivity index (χ2v) is 5.45. The Hall–Kier alpha value is -2.44. The molecule has 2 atom stereocenters. The average molecular weight is 331 g/mol. The molecule has 0 aliphatic carbocycles. The lowest BCUT2D eigenvalue weighted by Crippen LogP contribution is -2.41. The van der Waals surface area contributed by atoms with E-state index in [1.165, 1.54) is 0 Å². The summed E-state index contributed by atoms with van der Waals surface area (Å²) in [5.74, 6) is -0.713. The summed E-state index contributed by atoms with van der Waals surface area (Å²) in [7, 11) is 0. The van der Waals surface area contributed by atoms with Crippen LogP contribution in [0.15, 0.2) is 46.9 Å². The molecular weight excluding hydrogens is 310 g/mol. The zero-order valence-corrected chi connectivity index (χ0v) is 13.4. The number of carbonyl (C=O) groups is 2. The Morgan fingerprint density at radius 3 is 2.42 bits per heavy atom. The molecule has 2 aromatic rings. The molecule has 0 saturated carbocycles. The van der Waals surface area contributed by atoms with E-state index in [1.807, 2.05) is 13.0 Å². The largest absolute Gasteiger partial charge is 0.480 e. The van der Waals surface area contributed by atoms with Crippen molar-refractivity contribution in [2.75, 3.05) is 6.61 Å². The molecule has 0 radical (unpaired) electrons. The van der Waals surface area contributed by atoms with Gasteiger partial charge >= 0.3 is 5.97 Å². The highest BCUT2D eigenvalue weighted by molar-refractivity contribution is 5.96. The van der Waals surface area contributed by atoms with Crippen molar-refractivity contribution in [3.8, 4) is 0 Å². The third kappa shape index (κ3) is 4.53. The van der Waals surface area contributed by atoms with Crippen molar-refractivity contribution in [3.63, 3.8) is 0 Å². The van der Waals surface area contributed by atoms with Crippen LogP contribution >= 0.6 is 0 Å². The molecule has 24 heavy (non-hydrogen) atoms. The van der Waals surface area contributed by atoms with E-state index in [0.717, 1.165) is 5.56 Å². The van der Waals surface area contributed by atoms with Gasteiger partial charge < -0.3 is 14.6 Å². The smallest absolute Gasteiger partial charge is 0.321 e. The molecule has 0 fully saturated rings. The SMILES string of the molecule is CCc1ccc(C(=O)C[C@H](N[C@@H](CO)c2ccccc2)C(=O)O)o1. The van der Waals surface area contributed by atoms with Crippen LogP contribution < -0.4 is 5.32 Å². The lowest BCUT2D eigenvalue weighted by Gasteiger charge is -2.21. The summed E-state index contributed by atoms with van der Waals surface area (Å²) >= 11 is 0. The maximum Gasteiger partial charge on any atom is 0.321 e. The summed E-state index contributed by atoms with van der Waals surface area (Å²) in [5.41, 5.74) is 0.755. The number of carboxylic acid groups (broad SMARTS) is 1. The first-order chi connectivity index (χ1) is 11.5. The van der Waals surface area contributed by atoms with Crippen LogP contribution in [-0.4, -0.2) is 34.6 Å². The number of aliphatic hydroxyl groups is 1. The zero-order valence-electron chi connectivity index (χ0n) is 13.4. The molecule has 0 spiro atoms. The van der Waals surface area contributed by atoms with Gasteiger partial charge in [0.05, 0.1) is 12.6 Å². The predicted octanol–water partition coefficient (Wildman–Crippen LogP) is 2.19. The Kier molecular flexibility index (Phi) is 6.28. The third-order valence-electron chi connectivity index (χ3n) is 3.76. The number of rotatable bonds is 9. The number of aryl methyl sites for hydroxylation is 1. The van der Waals surface area contributed by atoms with Crippen molar-refractivity contribution in [3.05, 3.63) is 59.5 Å². The van der Waals surface area contributed by atoms with Gasteiger partial charge in [0, 0.05) is 12.8 Å². The van der Waals surface area contributed by atoms with E-state index in [2.05, 4.69) is 5.32 Å². The molecule has 0 aliphatic rings. The maximum atomic E-state index is 12.2. The number of hydrogen-bond donors (Lipinski definition) is 3. The Labute approximate surface area is 140 Å². The van der Waals surface area contributed by atoms with E-state index in [0.29, 0.717) is 12.2 Å². The fourth-order valence-electron chi connectivity index (χ4n) is 2.40. The molecule has 0 saturated heterocycles. The van der Waals surface area contributed by atoms with Gasteiger partial charge in [-0.2, -0.15) is 0 Å². The average Bonchev–Trinajstić information content (AvgIpc) is 3.08. The number of benzene rings is 1. The molecule has 6 nitrogen and oxygen atoms in total. The van der Waals surface area contributed by atoms with Gasteiger partial charge in [-0.15, -0.1) is 0 Å². The highest BCUT2D eigenvalue weighted by Crippen LogP contribution is 2.16. The molecule has 3 N–H and O–H groups in total. The minimum atomic E-state index is -1.15. The molecule has 0 aliphatic heterocycles. The molecule has 1 aromatic carbocycles.